The molecule has 1 fully saturated rings. The molecule has 6 heteroatoms. The van der Waals surface area contributed by atoms with E-state index in [-0.39, 0.29) is 11.5 Å². The van der Waals surface area contributed by atoms with E-state index in [1.165, 1.54) is 28.8 Å². The van der Waals surface area contributed by atoms with Crippen LogP contribution >= 0.6 is 24.0 Å². The first-order chi connectivity index (χ1) is 11.5. The maximum Gasteiger partial charge on any atom is 0.335 e. The van der Waals surface area contributed by atoms with Gasteiger partial charge in [-0.1, -0.05) is 48.2 Å². The van der Waals surface area contributed by atoms with E-state index in [9.17, 15) is 9.59 Å². The summed E-state index contributed by atoms with van der Waals surface area (Å²) < 4.78 is 0.464. The predicted octanol–water partition coefficient (Wildman–Crippen LogP) is 4.10. The SMILES string of the molecule is Cc1cccc(N2C(=O)/C(=C\c3cccc(C(=O)O)c3)SC2=S)c1. The molecule has 0 atom stereocenters. The van der Waals surface area contributed by atoms with Crippen molar-refractivity contribution in [3.63, 3.8) is 0 Å². The second kappa shape index (κ2) is 6.59. The molecule has 24 heavy (non-hydrogen) atoms. The molecule has 0 aromatic heterocycles. The number of hydrogen-bond donors (Lipinski definition) is 1. The van der Waals surface area contributed by atoms with Crippen LogP contribution in [0.25, 0.3) is 6.08 Å². The summed E-state index contributed by atoms with van der Waals surface area (Å²) in [5.74, 6) is -1.20. The number of anilines is 1. The van der Waals surface area contributed by atoms with Gasteiger partial charge in [0.15, 0.2) is 4.32 Å². The van der Waals surface area contributed by atoms with Gasteiger partial charge in [-0.25, -0.2) is 4.79 Å². The Labute approximate surface area is 148 Å². The van der Waals surface area contributed by atoms with Crippen LogP contribution in [0.2, 0.25) is 0 Å². The number of amides is 1. The molecular weight excluding hydrogens is 342 g/mol. The van der Waals surface area contributed by atoms with E-state index >= 15 is 0 Å². The van der Waals surface area contributed by atoms with Gasteiger partial charge in [0.25, 0.3) is 5.91 Å². The average Bonchev–Trinajstić information content (AvgIpc) is 2.81. The standard InChI is InChI=1S/C18H13NO3S2/c1-11-4-2-7-14(8-11)19-16(20)15(24-18(19)23)10-12-5-3-6-13(9-12)17(21)22/h2-10H,1H3,(H,21,22)/b15-10+. The van der Waals surface area contributed by atoms with Gasteiger partial charge in [0.1, 0.15) is 0 Å². The second-order valence-electron chi connectivity index (χ2n) is 5.29. The van der Waals surface area contributed by atoms with E-state index in [2.05, 4.69) is 0 Å². The third-order valence-corrected chi connectivity index (χ3v) is 4.79. The fourth-order valence-corrected chi connectivity index (χ4v) is 3.67. The lowest BCUT2D eigenvalue weighted by Gasteiger charge is -2.14. The van der Waals surface area contributed by atoms with Gasteiger partial charge < -0.3 is 5.11 Å². The summed E-state index contributed by atoms with van der Waals surface area (Å²) >= 11 is 6.55. The highest BCUT2D eigenvalue weighted by molar-refractivity contribution is 8.27. The van der Waals surface area contributed by atoms with Crippen LogP contribution in [0, 0.1) is 6.92 Å². The van der Waals surface area contributed by atoms with Gasteiger partial charge in [-0.15, -0.1) is 0 Å². The summed E-state index contributed by atoms with van der Waals surface area (Å²) in [6, 6.07) is 14.0. The Kier molecular flexibility index (Phi) is 4.51. The number of benzene rings is 2. The molecule has 1 N–H and O–H groups in total. The average molecular weight is 355 g/mol. The Balaban J connectivity index is 1.94. The first kappa shape index (κ1) is 16.4. The molecule has 1 aliphatic rings. The Morgan fingerprint density at radius 2 is 1.96 bits per heavy atom. The second-order valence-corrected chi connectivity index (χ2v) is 6.96. The van der Waals surface area contributed by atoms with E-state index in [4.69, 9.17) is 17.3 Å². The highest BCUT2D eigenvalue weighted by atomic mass is 32.2. The van der Waals surface area contributed by atoms with E-state index in [0.29, 0.717) is 14.8 Å². The van der Waals surface area contributed by atoms with Crippen molar-refractivity contribution in [3.8, 4) is 0 Å². The number of thiocarbonyl (C=S) groups is 1. The van der Waals surface area contributed by atoms with Crippen molar-refractivity contribution in [3.05, 3.63) is 70.1 Å². The molecule has 0 spiro atoms. The molecule has 0 bridgehead atoms. The van der Waals surface area contributed by atoms with Crippen LogP contribution in [-0.4, -0.2) is 21.3 Å². The molecule has 0 aliphatic carbocycles. The lowest BCUT2D eigenvalue weighted by molar-refractivity contribution is -0.113. The van der Waals surface area contributed by atoms with Crippen molar-refractivity contribution < 1.29 is 14.7 Å². The minimum atomic E-state index is -1.00. The highest BCUT2D eigenvalue weighted by Crippen LogP contribution is 2.36. The number of thioether (sulfide) groups is 1. The molecule has 1 saturated heterocycles. The van der Waals surface area contributed by atoms with Gasteiger partial charge in [0.2, 0.25) is 0 Å². The number of rotatable bonds is 3. The molecule has 120 valence electrons. The Morgan fingerprint density at radius 1 is 1.21 bits per heavy atom. The summed E-state index contributed by atoms with van der Waals surface area (Å²) in [4.78, 5) is 25.7. The van der Waals surface area contributed by atoms with Crippen LogP contribution in [0.1, 0.15) is 21.5 Å². The molecule has 2 aromatic carbocycles. The fraction of sp³-hybridized carbons (Fsp3) is 0.0556. The van der Waals surface area contributed by atoms with Gasteiger partial charge in [0.05, 0.1) is 16.2 Å². The first-order valence-corrected chi connectivity index (χ1v) is 8.36. The Bertz CT molecular complexity index is 889. The number of carbonyl (C=O) groups excluding carboxylic acids is 1. The molecule has 1 aliphatic heterocycles. The zero-order chi connectivity index (χ0) is 17.3. The predicted molar refractivity (Wildman–Crippen MR) is 100 cm³/mol. The summed E-state index contributed by atoms with van der Waals surface area (Å²) in [7, 11) is 0. The monoisotopic (exact) mass is 355 g/mol. The molecule has 1 amide bonds. The van der Waals surface area contributed by atoms with Crippen LogP contribution < -0.4 is 4.90 Å². The van der Waals surface area contributed by atoms with Gasteiger partial charge >= 0.3 is 5.97 Å². The van der Waals surface area contributed by atoms with E-state index in [1.54, 1.807) is 18.2 Å². The molecule has 0 radical (unpaired) electrons. The molecule has 0 saturated carbocycles. The highest BCUT2D eigenvalue weighted by Gasteiger charge is 2.33. The first-order valence-electron chi connectivity index (χ1n) is 7.14. The van der Waals surface area contributed by atoms with Crippen LogP contribution in [0.3, 0.4) is 0 Å². The number of carboxylic acids is 1. The topological polar surface area (TPSA) is 57.6 Å². The van der Waals surface area contributed by atoms with Crippen molar-refractivity contribution in [2.45, 2.75) is 6.92 Å². The lowest BCUT2D eigenvalue weighted by Crippen LogP contribution is -2.27. The fourth-order valence-electron chi connectivity index (χ4n) is 2.37. The number of carbonyl (C=O) groups is 2. The van der Waals surface area contributed by atoms with E-state index in [0.717, 1.165) is 11.3 Å². The molecule has 4 nitrogen and oxygen atoms in total. The Hall–Kier alpha value is -2.44. The number of hydrogen-bond acceptors (Lipinski definition) is 4. The van der Waals surface area contributed by atoms with Crippen LogP contribution in [0.4, 0.5) is 5.69 Å². The maximum atomic E-state index is 12.7. The summed E-state index contributed by atoms with van der Waals surface area (Å²) in [5.41, 5.74) is 2.61. The van der Waals surface area contributed by atoms with Crippen LogP contribution in [0.15, 0.2) is 53.4 Å². The smallest absolute Gasteiger partial charge is 0.335 e. The maximum absolute atomic E-state index is 12.7. The van der Waals surface area contributed by atoms with Crippen molar-refractivity contribution >= 4 is 51.9 Å². The van der Waals surface area contributed by atoms with Crippen molar-refractivity contribution in [2.75, 3.05) is 4.90 Å². The van der Waals surface area contributed by atoms with Gasteiger partial charge in [0, 0.05) is 0 Å². The number of nitrogens with zero attached hydrogens (tertiary/aromatic N) is 1. The number of aryl methyl sites for hydroxylation is 1. The van der Waals surface area contributed by atoms with Crippen molar-refractivity contribution in [2.24, 2.45) is 0 Å². The van der Waals surface area contributed by atoms with Gasteiger partial charge in [-0.2, -0.15) is 0 Å². The van der Waals surface area contributed by atoms with Crippen LogP contribution in [0.5, 0.6) is 0 Å². The summed E-state index contributed by atoms with van der Waals surface area (Å²) in [6.45, 7) is 1.95. The molecule has 3 rings (SSSR count). The lowest BCUT2D eigenvalue weighted by atomic mass is 10.1. The zero-order valence-electron chi connectivity index (χ0n) is 12.7. The minimum absolute atomic E-state index is 0.179. The number of carboxylic acid groups (broad SMARTS) is 1. The third-order valence-electron chi connectivity index (χ3n) is 3.48. The normalized spacial score (nSPS) is 16.0. The van der Waals surface area contributed by atoms with E-state index < -0.39 is 5.97 Å². The largest absolute Gasteiger partial charge is 0.478 e. The quantitative estimate of drug-likeness (QED) is 0.663. The molecular formula is C18H13NO3S2. The third kappa shape index (κ3) is 3.25. The van der Waals surface area contributed by atoms with Gasteiger partial charge in [-0.05, 0) is 48.4 Å². The van der Waals surface area contributed by atoms with E-state index in [1.807, 2.05) is 31.2 Å². The molecule has 0 unspecified atom stereocenters. The molecule has 2 aromatic rings. The van der Waals surface area contributed by atoms with Crippen molar-refractivity contribution in [1.82, 2.24) is 0 Å². The summed E-state index contributed by atoms with van der Waals surface area (Å²) in [6.07, 6.45) is 1.67. The molecule has 1 heterocycles. The Morgan fingerprint density at radius 3 is 2.67 bits per heavy atom. The number of aromatic carboxylic acids is 1. The van der Waals surface area contributed by atoms with Crippen molar-refractivity contribution in [1.29, 1.82) is 0 Å². The summed E-state index contributed by atoms with van der Waals surface area (Å²) in [5, 5.41) is 9.06. The minimum Gasteiger partial charge on any atom is -0.478 e. The van der Waals surface area contributed by atoms with Gasteiger partial charge in [-0.3, -0.25) is 9.69 Å². The zero-order valence-corrected chi connectivity index (χ0v) is 14.4. The van der Waals surface area contributed by atoms with Crippen LogP contribution in [-0.2, 0) is 4.79 Å².